The fourth-order valence-corrected chi connectivity index (χ4v) is 3.04. The van der Waals surface area contributed by atoms with Gasteiger partial charge in [-0.25, -0.2) is 0 Å². The lowest BCUT2D eigenvalue weighted by molar-refractivity contribution is 0.231. The third kappa shape index (κ3) is 2.17. The van der Waals surface area contributed by atoms with Gasteiger partial charge in [-0.05, 0) is 37.1 Å². The van der Waals surface area contributed by atoms with E-state index in [9.17, 15) is 0 Å². The minimum absolute atomic E-state index is 0.136. The summed E-state index contributed by atoms with van der Waals surface area (Å²) in [4.78, 5) is 5.10. The Hall–Kier alpha value is -1.06. The topological polar surface area (TPSA) is 26.7 Å². The minimum Gasteiger partial charge on any atom is -0.392 e. The predicted molar refractivity (Wildman–Crippen MR) is 69.2 cm³/mol. The quantitative estimate of drug-likeness (QED) is 0.836. The maximum absolute atomic E-state index is 9.04. The van der Waals surface area contributed by atoms with Gasteiger partial charge in [-0.1, -0.05) is 12.1 Å². The van der Waals surface area contributed by atoms with Gasteiger partial charge >= 0.3 is 0 Å². The van der Waals surface area contributed by atoms with Crippen molar-refractivity contribution in [3.8, 4) is 0 Å². The van der Waals surface area contributed by atoms with Gasteiger partial charge in [-0.3, -0.25) is 4.90 Å². The fraction of sp³-hybridized carbons (Fsp3) is 0.571. The van der Waals surface area contributed by atoms with Crippen LogP contribution in [-0.4, -0.2) is 42.2 Å². The van der Waals surface area contributed by atoms with Gasteiger partial charge in [0.25, 0.3) is 0 Å². The van der Waals surface area contributed by atoms with Gasteiger partial charge in [0.2, 0.25) is 0 Å². The highest BCUT2D eigenvalue weighted by atomic mass is 16.3. The molecule has 92 valence electrons. The summed E-state index contributed by atoms with van der Waals surface area (Å²) in [5.41, 5.74) is 2.29. The highest BCUT2D eigenvalue weighted by molar-refractivity contribution is 5.48. The molecule has 2 aliphatic heterocycles. The van der Waals surface area contributed by atoms with E-state index >= 15 is 0 Å². The molecule has 0 spiro atoms. The van der Waals surface area contributed by atoms with Crippen LogP contribution in [-0.2, 0) is 6.61 Å². The Morgan fingerprint density at radius 2 is 1.94 bits per heavy atom. The van der Waals surface area contributed by atoms with E-state index in [1.54, 1.807) is 0 Å². The first-order valence-electron chi connectivity index (χ1n) is 6.55. The van der Waals surface area contributed by atoms with Crippen LogP contribution in [0.1, 0.15) is 18.4 Å². The Bertz CT molecular complexity index is 376. The molecule has 2 heterocycles. The van der Waals surface area contributed by atoms with E-state index < -0.39 is 0 Å². The maximum Gasteiger partial charge on any atom is 0.0681 e. The van der Waals surface area contributed by atoms with Gasteiger partial charge in [0.15, 0.2) is 0 Å². The summed E-state index contributed by atoms with van der Waals surface area (Å²) in [5, 5.41) is 9.04. The molecule has 3 nitrogen and oxygen atoms in total. The fourth-order valence-electron chi connectivity index (χ4n) is 3.04. The molecule has 0 aromatic heterocycles. The number of rotatable bonds is 2. The van der Waals surface area contributed by atoms with Crippen LogP contribution in [0.15, 0.2) is 24.3 Å². The molecular weight excluding hydrogens is 212 g/mol. The molecule has 3 heteroatoms. The van der Waals surface area contributed by atoms with E-state index in [0.29, 0.717) is 0 Å². The second-order valence-electron chi connectivity index (χ2n) is 5.10. The van der Waals surface area contributed by atoms with Crippen LogP contribution < -0.4 is 4.90 Å². The predicted octanol–water partition coefficient (Wildman–Crippen LogP) is 1.46. The SMILES string of the molecule is OCc1ccc(N2CCN3CCCC3C2)cc1. The lowest BCUT2D eigenvalue weighted by Crippen LogP contribution is -2.50. The smallest absolute Gasteiger partial charge is 0.0681 e. The van der Waals surface area contributed by atoms with Crippen molar-refractivity contribution in [3.63, 3.8) is 0 Å². The van der Waals surface area contributed by atoms with Crippen LogP contribution in [0.4, 0.5) is 5.69 Å². The summed E-state index contributed by atoms with van der Waals surface area (Å²) in [5.74, 6) is 0. The molecular formula is C14H20N2O. The Balaban J connectivity index is 1.71. The maximum atomic E-state index is 9.04. The third-order valence-corrected chi connectivity index (χ3v) is 4.07. The summed E-state index contributed by atoms with van der Waals surface area (Å²) in [6.45, 7) is 4.93. The molecule has 1 atom stereocenters. The molecule has 0 bridgehead atoms. The van der Waals surface area contributed by atoms with E-state index in [0.717, 1.165) is 18.2 Å². The lowest BCUT2D eigenvalue weighted by Gasteiger charge is -2.38. The van der Waals surface area contributed by atoms with E-state index in [4.69, 9.17) is 5.11 Å². The van der Waals surface area contributed by atoms with Gasteiger partial charge in [-0.15, -0.1) is 0 Å². The summed E-state index contributed by atoms with van der Waals surface area (Å²) in [7, 11) is 0. The second kappa shape index (κ2) is 4.67. The zero-order valence-electron chi connectivity index (χ0n) is 10.2. The molecule has 2 fully saturated rings. The Morgan fingerprint density at radius 3 is 2.71 bits per heavy atom. The minimum atomic E-state index is 0.136. The number of hydrogen-bond donors (Lipinski definition) is 1. The standard InChI is InChI=1S/C14H20N2O/c17-11-12-3-5-13(6-4-12)16-9-8-15-7-1-2-14(15)10-16/h3-6,14,17H,1-2,7-11H2. The average Bonchev–Trinajstić information content (AvgIpc) is 2.86. The highest BCUT2D eigenvalue weighted by Gasteiger charge is 2.30. The molecule has 1 N–H and O–H groups in total. The van der Waals surface area contributed by atoms with E-state index in [2.05, 4.69) is 21.9 Å². The average molecular weight is 232 g/mol. The van der Waals surface area contributed by atoms with Crippen molar-refractivity contribution in [3.05, 3.63) is 29.8 Å². The first-order chi connectivity index (χ1) is 8.36. The Labute approximate surface area is 103 Å². The molecule has 0 aliphatic carbocycles. The molecule has 1 aromatic carbocycles. The normalized spacial score (nSPS) is 25.0. The molecule has 1 unspecified atom stereocenters. The van der Waals surface area contributed by atoms with Crippen molar-refractivity contribution >= 4 is 5.69 Å². The van der Waals surface area contributed by atoms with Gasteiger partial charge in [0.05, 0.1) is 6.61 Å². The monoisotopic (exact) mass is 232 g/mol. The Kier molecular flexibility index (Phi) is 3.04. The van der Waals surface area contributed by atoms with Gasteiger partial charge < -0.3 is 10.0 Å². The van der Waals surface area contributed by atoms with Crippen LogP contribution >= 0.6 is 0 Å². The van der Waals surface area contributed by atoms with E-state index in [1.165, 1.54) is 38.2 Å². The molecule has 2 saturated heterocycles. The summed E-state index contributed by atoms with van der Waals surface area (Å²) in [6.07, 6.45) is 2.72. The van der Waals surface area contributed by atoms with Crippen LogP contribution in [0.25, 0.3) is 0 Å². The number of aliphatic hydroxyl groups excluding tert-OH is 1. The van der Waals surface area contributed by atoms with E-state index in [-0.39, 0.29) is 6.61 Å². The summed E-state index contributed by atoms with van der Waals surface area (Å²) in [6, 6.07) is 9.08. The van der Waals surface area contributed by atoms with Gasteiger partial charge in [-0.2, -0.15) is 0 Å². The first-order valence-corrected chi connectivity index (χ1v) is 6.55. The second-order valence-corrected chi connectivity index (χ2v) is 5.10. The summed E-state index contributed by atoms with van der Waals surface area (Å²) >= 11 is 0. The molecule has 3 rings (SSSR count). The number of nitrogens with zero attached hydrogens (tertiary/aromatic N) is 2. The number of benzene rings is 1. The van der Waals surface area contributed by atoms with Gasteiger partial charge in [0, 0.05) is 31.4 Å². The zero-order valence-corrected chi connectivity index (χ0v) is 10.2. The van der Waals surface area contributed by atoms with Crippen LogP contribution in [0.5, 0.6) is 0 Å². The van der Waals surface area contributed by atoms with Crippen LogP contribution in [0.2, 0.25) is 0 Å². The van der Waals surface area contributed by atoms with Crippen molar-refractivity contribution in [2.75, 3.05) is 31.1 Å². The van der Waals surface area contributed by atoms with Crippen LogP contribution in [0, 0.1) is 0 Å². The summed E-state index contributed by atoms with van der Waals surface area (Å²) < 4.78 is 0. The first kappa shape index (κ1) is 11.1. The van der Waals surface area contributed by atoms with Crippen molar-refractivity contribution in [2.24, 2.45) is 0 Å². The number of anilines is 1. The molecule has 0 radical (unpaired) electrons. The zero-order chi connectivity index (χ0) is 11.7. The van der Waals surface area contributed by atoms with E-state index in [1.807, 2.05) is 12.1 Å². The molecule has 1 aromatic rings. The lowest BCUT2D eigenvalue weighted by atomic mass is 10.1. The largest absolute Gasteiger partial charge is 0.392 e. The van der Waals surface area contributed by atoms with Crippen molar-refractivity contribution in [1.82, 2.24) is 4.90 Å². The van der Waals surface area contributed by atoms with Gasteiger partial charge in [0.1, 0.15) is 0 Å². The molecule has 17 heavy (non-hydrogen) atoms. The number of fused-ring (bicyclic) bond motifs is 1. The van der Waals surface area contributed by atoms with Crippen molar-refractivity contribution in [1.29, 1.82) is 0 Å². The van der Waals surface area contributed by atoms with Crippen molar-refractivity contribution in [2.45, 2.75) is 25.5 Å². The van der Waals surface area contributed by atoms with Crippen molar-refractivity contribution < 1.29 is 5.11 Å². The number of aliphatic hydroxyl groups is 1. The number of hydrogen-bond acceptors (Lipinski definition) is 3. The number of piperazine rings is 1. The molecule has 2 aliphatic rings. The van der Waals surface area contributed by atoms with Crippen LogP contribution in [0.3, 0.4) is 0 Å². The highest BCUT2D eigenvalue weighted by Crippen LogP contribution is 2.25. The molecule has 0 saturated carbocycles. The third-order valence-electron chi connectivity index (χ3n) is 4.07. The molecule has 0 amide bonds. The Morgan fingerprint density at radius 1 is 1.12 bits per heavy atom.